The van der Waals surface area contributed by atoms with E-state index in [2.05, 4.69) is 190 Å². The molecule has 7 unspecified atom stereocenters. The Morgan fingerprint density at radius 3 is 1.81 bits per heavy atom. The highest BCUT2D eigenvalue weighted by molar-refractivity contribution is 6.03. The van der Waals surface area contributed by atoms with E-state index in [-0.39, 0.29) is 10.8 Å². The molecule has 0 heterocycles. The van der Waals surface area contributed by atoms with Crippen LogP contribution in [0.4, 0.5) is 0 Å². The average Bonchev–Trinajstić information content (AvgIpc) is 3.77. The molecule has 0 heteroatoms. The van der Waals surface area contributed by atoms with E-state index in [1.54, 1.807) is 5.57 Å². The zero-order valence-electron chi connectivity index (χ0n) is 30.9. The number of allylic oxidation sites excluding steroid dienone is 6. The molecular weight excluding hydrogens is 649 g/mol. The molecule has 6 aliphatic carbocycles. The minimum atomic E-state index is 0.0180. The van der Waals surface area contributed by atoms with Crippen molar-refractivity contribution in [1.82, 2.24) is 0 Å². The van der Waals surface area contributed by atoms with E-state index < -0.39 is 0 Å². The molecule has 0 N–H and O–H groups in total. The van der Waals surface area contributed by atoms with Crippen LogP contribution >= 0.6 is 0 Å². The second kappa shape index (κ2) is 11.0. The normalized spacial score (nSPS) is 28.6. The highest BCUT2D eigenvalue weighted by Crippen LogP contribution is 2.88. The van der Waals surface area contributed by atoms with Crippen LogP contribution in [0.15, 0.2) is 182 Å². The van der Waals surface area contributed by atoms with Gasteiger partial charge in [-0.3, -0.25) is 5.92 Å². The first-order valence-electron chi connectivity index (χ1n) is 20.1. The van der Waals surface area contributed by atoms with E-state index in [1.807, 2.05) is 5.92 Å². The molecule has 6 aliphatic rings. The van der Waals surface area contributed by atoms with E-state index in [0.29, 0.717) is 35.5 Å². The first-order valence-corrected chi connectivity index (χ1v) is 20.1. The molecule has 0 spiro atoms. The molecule has 0 aromatic heterocycles. The van der Waals surface area contributed by atoms with Crippen LogP contribution in [0.3, 0.4) is 0 Å². The molecule has 0 aliphatic heterocycles. The summed E-state index contributed by atoms with van der Waals surface area (Å²) in [5.74, 6) is 5.06. The lowest BCUT2D eigenvalue weighted by Gasteiger charge is -2.65. The summed E-state index contributed by atoms with van der Waals surface area (Å²) < 4.78 is 0. The summed E-state index contributed by atoms with van der Waals surface area (Å²) >= 11 is 0. The van der Waals surface area contributed by atoms with Crippen LogP contribution in [0.2, 0.25) is 0 Å². The van der Waals surface area contributed by atoms with Gasteiger partial charge in [-0.05, 0) is 90.8 Å². The van der Waals surface area contributed by atoms with Crippen molar-refractivity contribution in [1.29, 1.82) is 0 Å². The van der Waals surface area contributed by atoms with Crippen molar-refractivity contribution in [2.45, 2.75) is 31.6 Å². The third-order valence-electron chi connectivity index (χ3n) is 14.8. The first-order chi connectivity index (χ1) is 26.6. The molecule has 3 saturated carbocycles. The maximum Gasteiger partial charge on any atom is -0.00970 e. The first kappa shape index (κ1) is 30.9. The minimum absolute atomic E-state index is 0.0180. The van der Waals surface area contributed by atoms with Gasteiger partial charge < -0.3 is 0 Å². The number of benzene rings is 6. The van der Waals surface area contributed by atoms with Crippen LogP contribution in [-0.4, -0.2) is 0 Å². The van der Waals surface area contributed by atoms with Crippen molar-refractivity contribution in [3.8, 4) is 55.6 Å². The standard InChI is InChI=1S/C54H43/c1-53(2)47-26-13-12-25-44(47)49-48(53)30-29-45-51(49)54(50(52(45)54)35-18-14-17-34(31-35)33-15-4-3-5-16-33)36-27-28-43-41-23-9-8-21-39(41)37-19-6-7-20-38(37)40-22-10-11-24-42(40)46(43)32-36/h3-24,26-32,44-45,48-50,52H,25H2,1-2H3/q-1. The molecule has 0 bridgehead atoms. The van der Waals surface area contributed by atoms with Crippen molar-refractivity contribution in [2.24, 2.45) is 35.0 Å². The van der Waals surface area contributed by atoms with Crippen molar-refractivity contribution < 1.29 is 0 Å². The Balaban J connectivity index is 1.08. The summed E-state index contributed by atoms with van der Waals surface area (Å²) in [6, 6.07) is 55.5. The van der Waals surface area contributed by atoms with E-state index >= 15 is 0 Å². The smallest absolute Gasteiger partial charge is 0.00970 e. The van der Waals surface area contributed by atoms with Crippen LogP contribution in [0.5, 0.6) is 0 Å². The highest BCUT2D eigenvalue weighted by atomic mass is 14.9. The molecular formula is C54H43-. The van der Waals surface area contributed by atoms with Crippen LogP contribution in [0, 0.1) is 40.9 Å². The number of hydrogen-bond donors (Lipinski definition) is 0. The zero-order chi connectivity index (χ0) is 35.8. The van der Waals surface area contributed by atoms with Crippen molar-refractivity contribution >= 4 is 0 Å². The molecule has 0 amide bonds. The van der Waals surface area contributed by atoms with Crippen LogP contribution in [0.1, 0.15) is 37.3 Å². The molecule has 3 fully saturated rings. The Bertz CT molecular complexity index is 2610. The van der Waals surface area contributed by atoms with E-state index in [1.165, 1.54) is 66.8 Å². The topological polar surface area (TPSA) is 0 Å². The van der Waals surface area contributed by atoms with Crippen molar-refractivity contribution in [2.75, 3.05) is 0 Å². The second-order valence-corrected chi connectivity index (χ2v) is 17.3. The summed E-state index contributed by atoms with van der Waals surface area (Å²) in [5.41, 5.74) is 18.1. The number of fused-ring (bicyclic) bond motifs is 16. The lowest BCUT2D eigenvalue weighted by atomic mass is 9.50. The largest absolute Gasteiger partial charge is 0.291 e. The predicted molar refractivity (Wildman–Crippen MR) is 223 cm³/mol. The fourth-order valence-corrected chi connectivity index (χ4v) is 12.6. The SMILES string of the molecule is CC1(C)C2=CC=CCC2C2[C-]3C(C=CC21)C1C(c2cccc(-c4ccccc4)c2)C31c1ccc2c(c1)-c1ccccc1-c1ccccc1-c1ccccc1-2. The fourth-order valence-electron chi connectivity index (χ4n) is 12.6. The maximum atomic E-state index is 2.66. The van der Waals surface area contributed by atoms with Gasteiger partial charge in [0.2, 0.25) is 0 Å². The molecule has 7 atom stereocenters. The van der Waals surface area contributed by atoms with Crippen LogP contribution in [0.25, 0.3) is 55.6 Å². The highest BCUT2D eigenvalue weighted by Gasteiger charge is 2.74. The Morgan fingerprint density at radius 2 is 1.15 bits per heavy atom. The third-order valence-corrected chi connectivity index (χ3v) is 14.8. The zero-order valence-corrected chi connectivity index (χ0v) is 30.9. The Labute approximate surface area is 319 Å². The van der Waals surface area contributed by atoms with Gasteiger partial charge in [0.05, 0.1) is 0 Å². The van der Waals surface area contributed by atoms with Gasteiger partial charge in [0.1, 0.15) is 0 Å². The van der Waals surface area contributed by atoms with Gasteiger partial charge in [0.15, 0.2) is 0 Å². The van der Waals surface area contributed by atoms with Crippen LogP contribution < -0.4 is 0 Å². The van der Waals surface area contributed by atoms with Crippen molar-refractivity contribution in [3.63, 3.8) is 0 Å². The minimum Gasteiger partial charge on any atom is -0.291 e. The average molecular weight is 692 g/mol. The fraction of sp³-hybridized carbons (Fsp3) is 0.204. The molecule has 6 aromatic carbocycles. The molecule has 12 rings (SSSR count). The van der Waals surface area contributed by atoms with E-state index in [4.69, 9.17) is 0 Å². The molecule has 0 nitrogen and oxygen atoms in total. The lowest BCUT2D eigenvalue weighted by molar-refractivity contribution is 0.177. The second-order valence-electron chi connectivity index (χ2n) is 17.3. The van der Waals surface area contributed by atoms with Crippen LogP contribution in [-0.2, 0) is 5.41 Å². The van der Waals surface area contributed by atoms with Gasteiger partial charge in [-0.1, -0.05) is 201 Å². The number of rotatable bonds is 3. The molecule has 0 radical (unpaired) electrons. The molecule has 6 aromatic rings. The lowest BCUT2D eigenvalue weighted by Crippen LogP contribution is -2.49. The molecule has 54 heavy (non-hydrogen) atoms. The van der Waals surface area contributed by atoms with Gasteiger partial charge in [0.25, 0.3) is 0 Å². The van der Waals surface area contributed by atoms with Gasteiger partial charge in [-0.15, -0.1) is 23.3 Å². The van der Waals surface area contributed by atoms with Crippen molar-refractivity contribution in [3.05, 3.63) is 199 Å². The summed E-state index contributed by atoms with van der Waals surface area (Å²) in [6.07, 6.45) is 13.7. The monoisotopic (exact) mass is 691 g/mol. The van der Waals surface area contributed by atoms with Gasteiger partial charge in [0, 0.05) is 0 Å². The summed E-state index contributed by atoms with van der Waals surface area (Å²) in [4.78, 5) is 0. The predicted octanol–water partition coefficient (Wildman–Crippen LogP) is 13.5. The quantitative estimate of drug-likeness (QED) is 0.128. The van der Waals surface area contributed by atoms with E-state index in [0.717, 1.165) is 6.42 Å². The Kier molecular flexibility index (Phi) is 6.33. The molecule has 260 valence electrons. The Morgan fingerprint density at radius 1 is 0.556 bits per heavy atom. The summed E-state index contributed by atoms with van der Waals surface area (Å²) in [5, 5.41) is 0. The van der Waals surface area contributed by atoms with Gasteiger partial charge in [-0.2, -0.15) is 0 Å². The third kappa shape index (κ3) is 3.94. The van der Waals surface area contributed by atoms with Gasteiger partial charge in [-0.25, -0.2) is 0 Å². The summed E-state index contributed by atoms with van der Waals surface area (Å²) in [7, 11) is 0. The van der Waals surface area contributed by atoms with Gasteiger partial charge >= 0.3 is 0 Å². The van der Waals surface area contributed by atoms with E-state index in [9.17, 15) is 0 Å². The Hall–Kier alpha value is -5.46. The molecule has 0 saturated heterocycles. The number of hydrogen-bond acceptors (Lipinski definition) is 0. The summed E-state index contributed by atoms with van der Waals surface area (Å²) in [6.45, 7) is 5.05. The maximum absolute atomic E-state index is 2.66.